The number of carboxylic acid groups (broad SMARTS) is 1. The van der Waals surface area contributed by atoms with Crippen LogP contribution in [0.1, 0.15) is 135 Å². The summed E-state index contributed by atoms with van der Waals surface area (Å²) >= 11 is 0. The first kappa shape index (κ1) is 29.7. The van der Waals surface area contributed by atoms with E-state index in [-0.39, 0.29) is 27.6 Å². The van der Waals surface area contributed by atoms with Crippen LogP contribution in [0.2, 0.25) is 0 Å². The lowest BCUT2D eigenvalue weighted by Gasteiger charge is -2.32. The van der Waals surface area contributed by atoms with Crippen LogP contribution in [0.3, 0.4) is 0 Å². The minimum Gasteiger partial charge on any atom is -0.507 e. The van der Waals surface area contributed by atoms with Crippen molar-refractivity contribution in [2.45, 2.75) is 118 Å². The zero-order chi connectivity index (χ0) is 28.0. The fourth-order valence-corrected chi connectivity index (χ4v) is 4.59. The third kappa shape index (κ3) is 6.60. The molecule has 0 spiro atoms. The largest absolute Gasteiger partial charge is 0.507 e. The quantitative estimate of drug-likeness (QED) is 0.419. The fourth-order valence-electron chi connectivity index (χ4n) is 4.59. The number of phenolic OH excluding ortho intramolecular Hbond substituents is 1. The molecule has 3 heteroatoms. The van der Waals surface area contributed by atoms with Crippen molar-refractivity contribution in [2.24, 2.45) is 0 Å². The number of aromatic hydroxyl groups is 1. The second-order valence-electron chi connectivity index (χ2n) is 14.4. The van der Waals surface area contributed by atoms with Crippen molar-refractivity contribution in [3.63, 3.8) is 0 Å². The number of hydrogen-bond acceptors (Lipinski definition) is 2. The molecule has 2 N–H and O–H groups in total. The van der Waals surface area contributed by atoms with Crippen LogP contribution < -0.4 is 0 Å². The Hall–Kier alpha value is -2.55. The van der Waals surface area contributed by atoms with Gasteiger partial charge in [-0.15, -0.1) is 0 Å². The van der Waals surface area contributed by atoms with Crippen molar-refractivity contribution in [2.75, 3.05) is 0 Å². The third-order valence-corrected chi connectivity index (χ3v) is 7.03. The van der Waals surface area contributed by atoms with Gasteiger partial charge in [0, 0.05) is 17.6 Å². The molecular weight excluding hydrogens is 444 g/mol. The van der Waals surface area contributed by atoms with Crippen LogP contribution in [0.15, 0.2) is 30.3 Å². The summed E-state index contributed by atoms with van der Waals surface area (Å²) in [7, 11) is 0. The standard InChI is InChI=1S/C33H48O3/c1-20(25-17-22(31(5,6)7)19-27(29(25)36)33(11,12)13)24-16-21(30(2,3)4)18-26(32(8,9)10)23(24)14-15-28(34)35/h14-20,36H,1-13H3,(H,34,35). The highest BCUT2D eigenvalue weighted by Gasteiger charge is 2.30. The lowest BCUT2D eigenvalue weighted by molar-refractivity contribution is -0.131. The minimum absolute atomic E-state index is 0.0853. The number of hydrogen-bond donors (Lipinski definition) is 2. The van der Waals surface area contributed by atoms with Crippen molar-refractivity contribution < 1.29 is 15.0 Å². The van der Waals surface area contributed by atoms with Gasteiger partial charge in [0.25, 0.3) is 0 Å². The Balaban J connectivity index is 3.04. The van der Waals surface area contributed by atoms with E-state index in [1.807, 2.05) is 0 Å². The molecule has 0 fully saturated rings. The predicted molar refractivity (Wildman–Crippen MR) is 154 cm³/mol. The summed E-state index contributed by atoms with van der Waals surface area (Å²) < 4.78 is 0. The lowest BCUT2D eigenvalue weighted by atomic mass is 9.72. The molecule has 0 heterocycles. The first-order chi connectivity index (χ1) is 16.0. The molecule has 0 aliphatic rings. The Morgan fingerprint density at radius 2 is 1.11 bits per heavy atom. The Bertz CT molecular complexity index is 1150. The summed E-state index contributed by atoms with van der Waals surface area (Å²) in [6, 6.07) is 8.72. The first-order valence-electron chi connectivity index (χ1n) is 13.0. The fraction of sp³-hybridized carbons (Fsp3) is 0.545. The van der Waals surface area contributed by atoms with E-state index < -0.39 is 5.97 Å². The van der Waals surface area contributed by atoms with E-state index in [1.165, 1.54) is 17.2 Å². The smallest absolute Gasteiger partial charge is 0.328 e. The van der Waals surface area contributed by atoms with Gasteiger partial charge in [-0.05, 0) is 61.1 Å². The van der Waals surface area contributed by atoms with E-state index in [4.69, 9.17) is 0 Å². The molecule has 0 amide bonds. The molecule has 36 heavy (non-hydrogen) atoms. The van der Waals surface area contributed by atoms with Gasteiger partial charge in [-0.2, -0.15) is 0 Å². The molecule has 1 atom stereocenters. The van der Waals surface area contributed by atoms with E-state index in [2.05, 4.69) is 114 Å². The Morgan fingerprint density at radius 1 is 0.694 bits per heavy atom. The normalized spacial score (nSPS) is 14.4. The number of benzene rings is 2. The van der Waals surface area contributed by atoms with E-state index in [1.54, 1.807) is 6.08 Å². The van der Waals surface area contributed by atoms with Crippen molar-refractivity contribution in [1.29, 1.82) is 0 Å². The highest BCUT2D eigenvalue weighted by molar-refractivity contribution is 5.86. The van der Waals surface area contributed by atoms with Crippen LogP contribution in [0.25, 0.3) is 6.08 Å². The summed E-state index contributed by atoms with van der Waals surface area (Å²) in [5, 5.41) is 21.1. The van der Waals surface area contributed by atoms with Crippen LogP contribution in [0, 0.1) is 0 Å². The van der Waals surface area contributed by atoms with Gasteiger partial charge in [0.1, 0.15) is 5.75 Å². The van der Waals surface area contributed by atoms with Gasteiger partial charge < -0.3 is 10.2 Å². The number of carbonyl (C=O) groups is 1. The number of rotatable bonds is 4. The molecule has 0 saturated carbocycles. The summed E-state index contributed by atoms with van der Waals surface area (Å²) in [6.07, 6.45) is 2.96. The Kier molecular flexibility index (Phi) is 8.02. The Labute approximate surface area is 219 Å². The second kappa shape index (κ2) is 9.72. The van der Waals surface area contributed by atoms with Gasteiger partial charge in [-0.3, -0.25) is 0 Å². The van der Waals surface area contributed by atoms with Gasteiger partial charge in [0.05, 0.1) is 0 Å². The molecule has 1 unspecified atom stereocenters. The van der Waals surface area contributed by atoms with Gasteiger partial charge in [0.2, 0.25) is 0 Å². The van der Waals surface area contributed by atoms with Crippen LogP contribution in [-0.4, -0.2) is 16.2 Å². The molecular formula is C33H48O3. The average molecular weight is 493 g/mol. The van der Waals surface area contributed by atoms with Crippen molar-refractivity contribution in [3.05, 3.63) is 69.3 Å². The maximum Gasteiger partial charge on any atom is 0.328 e. The van der Waals surface area contributed by atoms with Gasteiger partial charge in [-0.1, -0.05) is 114 Å². The molecule has 0 aromatic heterocycles. The van der Waals surface area contributed by atoms with Gasteiger partial charge >= 0.3 is 5.97 Å². The molecule has 0 aliphatic heterocycles. The highest BCUT2D eigenvalue weighted by Crippen LogP contribution is 2.45. The second-order valence-corrected chi connectivity index (χ2v) is 14.4. The van der Waals surface area contributed by atoms with E-state index in [0.717, 1.165) is 27.8 Å². The number of aliphatic carboxylic acids is 1. The average Bonchev–Trinajstić information content (AvgIpc) is 2.68. The molecule has 0 saturated heterocycles. The Morgan fingerprint density at radius 3 is 1.50 bits per heavy atom. The number of phenols is 1. The predicted octanol–water partition coefficient (Wildman–Crippen LogP) is 8.83. The summed E-state index contributed by atoms with van der Waals surface area (Å²) in [5.74, 6) is -0.791. The monoisotopic (exact) mass is 492 g/mol. The van der Waals surface area contributed by atoms with Crippen LogP contribution in [0.4, 0.5) is 0 Å². The van der Waals surface area contributed by atoms with Gasteiger partial charge in [0.15, 0.2) is 0 Å². The molecule has 2 rings (SSSR count). The van der Waals surface area contributed by atoms with E-state index >= 15 is 0 Å². The SMILES string of the molecule is CC(c1cc(C(C)(C)C)cc(C(C)(C)C)c1O)c1cc(C(C)(C)C)cc(C(C)(C)C)c1C=CC(=O)O. The molecule has 0 radical (unpaired) electrons. The zero-order valence-corrected chi connectivity index (χ0v) is 24.8. The van der Waals surface area contributed by atoms with Gasteiger partial charge in [-0.25, -0.2) is 4.79 Å². The molecule has 2 aromatic rings. The molecule has 198 valence electrons. The van der Waals surface area contributed by atoms with E-state index in [0.29, 0.717) is 5.75 Å². The summed E-state index contributed by atoms with van der Waals surface area (Å²) in [4.78, 5) is 11.5. The van der Waals surface area contributed by atoms with Crippen molar-refractivity contribution in [3.8, 4) is 5.75 Å². The van der Waals surface area contributed by atoms with Crippen LogP contribution >= 0.6 is 0 Å². The minimum atomic E-state index is -0.971. The maximum absolute atomic E-state index is 11.6. The topological polar surface area (TPSA) is 57.5 Å². The lowest BCUT2D eigenvalue weighted by Crippen LogP contribution is -2.21. The highest BCUT2D eigenvalue weighted by atomic mass is 16.4. The van der Waals surface area contributed by atoms with Crippen LogP contribution in [0.5, 0.6) is 5.75 Å². The van der Waals surface area contributed by atoms with Crippen molar-refractivity contribution in [1.82, 2.24) is 0 Å². The molecule has 0 aliphatic carbocycles. The first-order valence-corrected chi connectivity index (χ1v) is 13.0. The number of carboxylic acids is 1. The summed E-state index contributed by atoms with van der Waals surface area (Å²) in [5.41, 5.74) is 6.65. The maximum atomic E-state index is 11.6. The summed E-state index contributed by atoms with van der Waals surface area (Å²) in [6.45, 7) is 28.2. The zero-order valence-electron chi connectivity index (χ0n) is 24.8. The third-order valence-electron chi connectivity index (χ3n) is 7.03. The molecule has 3 nitrogen and oxygen atoms in total. The van der Waals surface area contributed by atoms with E-state index in [9.17, 15) is 15.0 Å². The molecule has 2 aromatic carbocycles. The van der Waals surface area contributed by atoms with Crippen molar-refractivity contribution >= 4 is 12.0 Å². The molecule has 0 bridgehead atoms. The van der Waals surface area contributed by atoms with Crippen LogP contribution in [-0.2, 0) is 26.5 Å².